The van der Waals surface area contributed by atoms with Gasteiger partial charge in [0.15, 0.2) is 0 Å². The van der Waals surface area contributed by atoms with Gasteiger partial charge in [0.1, 0.15) is 0 Å². The van der Waals surface area contributed by atoms with E-state index in [-0.39, 0.29) is 5.75 Å². The molecule has 0 aliphatic carbocycles. The summed E-state index contributed by atoms with van der Waals surface area (Å²) in [5.74, 6) is -1.69. The van der Waals surface area contributed by atoms with Gasteiger partial charge in [-0.1, -0.05) is 0 Å². The Balaban J connectivity index is 3.17. The molecule has 0 aromatic heterocycles. The zero-order chi connectivity index (χ0) is 13.9. The van der Waals surface area contributed by atoms with Gasteiger partial charge in [-0.2, -0.15) is 0 Å². The molecule has 3 N–H and O–H groups in total. The van der Waals surface area contributed by atoms with Crippen LogP contribution in [-0.4, -0.2) is 45.0 Å². The van der Waals surface area contributed by atoms with Gasteiger partial charge in [-0.15, -0.1) is 0 Å². The molecule has 0 atom stereocenters. The first-order chi connectivity index (χ1) is 8.21. The summed E-state index contributed by atoms with van der Waals surface area (Å²) >= 11 is -5.24. The van der Waals surface area contributed by atoms with Gasteiger partial charge in [-0.3, -0.25) is 0 Å². The Morgan fingerprint density at radius 2 is 2.06 bits per heavy atom. The second-order valence-electron chi connectivity index (χ2n) is 3.14. The molecule has 0 saturated heterocycles. The van der Waals surface area contributed by atoms with Crippen molar-refractivity contribution in [1.82, 2.24) is 0 Å². The van der Waals surface area contributed by atoms with Crippen molar-refractivity contribution in [3.8, 4) is 5.75 Å². The van der Waals surface area contributed by atoms with Crippen LogP contribution in [0.1, 0.15) is 0 Å². The van der Waals surface area contributed by atoms with Crippen molar-refractivity contribution in [3.05, 3.63) is 28.3 Å². The Morgan fingerprint density at radius 3 is 2.50 bits per heavy atom. The number of carbonyl (C=O) groups is 1. The van der Waals surface area contributed by atoms with E-state index in [4.69, 9.17) is 13.3 Å². The standard InChI is InChI=1S/C8H8AsNO8/c11-8(12)4-18-7-2-1-5(9(13,14)15)3-6(7)10(16)17/h1-3H,4H2,(H,11,12)(H2,13,14,15). The predicted octanol–water partition coefficient (Wildman–Crippen LogP) is -1.38. The Morgan fingerprint density at radius 1 is 1.44 bits per heavy atom. The summed E-state index contributed by atoms with van der Waals surface area (Å²) in [6, 6.07) is 2.60. The quantitative estimate of drug-likeness (QED) is 0.341. The number of ether oxygens (including phenoxy) is 1. The van der Waals surface area contributed by atoms with Crippen molar-refractivity contribution < 1.29 is 31.5 Å². The van der Waals surface area contributed by atoms with Crippen molar-refractivity contribution in [2.75, 3.05) is 6.61 Å². The molecule has 0 aliphatic rings. The SMILES string of the molecule is O=C(O)COc1ccc([As](=O)(O)O)cc1[N+](=O)[O-]. The van der Waals surface area contributed by atoms with E-state index in [1.807, 2.05) is 0 Å². The molecule has 9 nitrogen and oxygen atoms in total. The van der Waals surface area contributed by atoms with Crippen molar-refractivity contribution in [1.29, 1.82) is 0 Å². The normalized spacial score (nSPS) is 11.0. The van der Waals surface area contributed by atoms with E-state index in [0.29, 0.717) is 6.07 Å². The van der Waals surface area contributed by atoms with Crippen LogP contribution in [0, 0.1) is 10.1 Å². The summed E-state index contributed by atoms with van der Waals surface area (Å²) in [4.78, 5) is 20.0. The fourth-order valence-corrected chi connectivity index (χ4v) is 2.26. The number of carboxylic acid groups (broad SMARTS) is 1. The van der Waals surface area contributed by atoms with Crippen LogP contribution in [-0.2, 0) is 8.53 Å². The molecular weight excluding hydrogens is 313 g/mol. The molecule has 1 aromatic carbocycles. The predicted molar refractivity (Wildman–Crippen MR) is 56.7 cm³/mol. The van der Waals surface area contributed by atoms with E-state index in [1.165, 1.54) is 0 Å². The molecule has 1 aromatic rings. The number of nitro groups is 1. The van der Waals surface area contributed by atoms with E-state index in [0.717, 1.165) is 12.1 Å². The van der Waals surface area contributed by atoms with Gasteiger partial charge >= 0.3 is 102 Å². The monoisotopic (exact) mass is 321 g/mol. The Hall–Kier alpha value is -1.83. The minimum atomic E-state index is -5.24. The van der Waals surface area contributed by atoms with Crippen molar-refractivity contribution in [3.63, 3.8) is 0 Å². The molecule has 0 amide bonds. The minimum absolute atomic E-state index is 0.366. The zero-order valence-electron chi connectivity index (χ0n) is 8.72. The molecule has 1 rings (SSSR count). The van der Waals surface area contributed by atoms with E-state index in [1.54, 1.807) is 0 Å². The summed E-state index contributed by atoms with van der Waals surface area (Å²) < 4.78 is 33.0. The van der Waals surface area contributed by atoms with Crippen molar-refractivity contribution in [2.24, 2.45) is 0 Å². The summed E-state index contributed by atoms with van der Waals surface area (Å²) in [5.41, 5.74) is -0.696. The molecule has 0 heterocycles. The van der Waals surface area contributed by atoms with Gasteiger partial charge in [0.2, 0.25) is 0 Å². The number of rotatable bonds is 5. The molecule has 0 unspecified atom stereocenters. The van der Waals surface area contributed by atoms with Crippen LogP contribution in [0.4, 0.5) is 5.69 Å². The average molecular weight is 321 g/mol. The molecule has 0 saturated carbocycles. The number of carboxylic acids is 1. The van der Waals surface area contributed by atoms with Gasteiger partial charge in [-0.25, -0.2) is 0 Å². The molecule has 0 bridgehead atoms. The van der Waals surface area contributed by atoms with E-state index >= 15 is 0 Å². The summed E-state index contributed by atoms with van der Waals surface area (Å²) in [7, 11) is 0. The zero-order valence-corrected chi connectivity index (χ0v) is 10.6. The molecule has 0 spiro atoms. The number of aliphatic carboxylic acids is 1. The third-order valence-electron chi connectivity index (χ3n) is 1.83. The number of hydrogen-bond donors (Lipinski definition) is 3. The molecule has 0 fully saturated rings. The summed E-state index contributed by atoms with van der Waals surface area (Å²) in [5, 5.41) is 19.0. The van der Waals surface area contributed by atoms with Gasteiger partial charge in [0, 0.05) is 0 Å². The third kappa shape index (κ3) is 3.59. The van der Waals surface area contributed by atoms with E-state index in [2.05, 4.69) is 4.74 Å². The maximum absolute atomic E-state index is 11.0. The summed E-state index contributed by atoms with van der Waals surface area (Å²) in [6.07, 6.45) is 0. The maximum atomic E-state index is 11.0. The molecule has 0 radical (unpaired) electrons. The van der Waals surface area contributed by atoms with Crippen LogP contribution in [0.5, 0.6) is 5.75 Å². The third-order valence-corrected chi connectivity index (χ3v) is 3.82. The van der Waals surface area contributed by atoms with Gasteiger partial charge < -0.3 is 0 Å². The molecular formula is C8H8AsNO8. The van der Waals surface area contributed by atoms with Gasteiger partial charge in [0.25, 0.3) is 0 Å². The van der Waals surface area contributed by atoms with Crippen LogP contribution in [0.3, 0.4) is 0 Å². The van der Waals surface area contributed by atoms with Gasteiger partial charge in [0.05, 0.1) is 0 Å². The van der Waals surface area contributed by atoms with Gasteiger partial charge in [-0.05, 0) is 0 Å². The topological polar surface area (TPSA) is 147 Å². The fraction of sp³-hybridized carbons (Fsp3) is 0.125. The number of hydrogen-bond acceptors (Lipinski definition) is 5. The van der Waals surface area contributed by atoms with Crippen LogP contribution in [0.15, 0.2) is 18.2 Å². The first-order valence-corrected chi connectivity index (χ1v) is 7.79. The summed E-state index contributed by atoms with van der Waals surface area (Å²) in [6.45, 7) is -0.791. The molecule has 98 valence electrons. The van der Waals surface area contributed by atoms with Crippen LogP contribution in [0.2, 0.25) is 0 Å². The average Bonchev–Trinajstić information content (AvgIpc) is 2.24. The number of nitrogens with zero attached hydrogens (tertiary/aromatic N) is 1. The molecule has 18 heavy (non-hydrogen) atoms. The molecule has 10 heteroatoms. The van der Waals surface area contributed by atoms with Crippen LogP contribution in [0.25, 0.3) is 0 Å². The second kappa shape index (κ2) is 5.21. The van der Waals surface area contributed by atoms with Crippen LogP contribution >= 0.6 is 0 Å². The first kappa shape index (κ1) is 14.2. The Bertz CT molecular complexity index is 536. The van der Waals surface area contributed by atoms with Crippen molar-refractivity contribution in [2.45, 2.75) is 0 Å². The first-order valence-electron chi connectivity index (χ1n) is 4.41. The Labute approximate surface area is 103 Å². The second-order valence-corrected chi connectivity index (χ2v) is 6.50. The number of benzene rings is 1. The molecule has 0 aliphatic heterocycles. The van der Waals surface area contributed by atoms with E-state index in [9.17, 15) is 18.6 Å². The fourth-order valence-electron chi connectivity index (χ4n) is 1.09. The van der Waals surface area contributed by atoms with Crippen molar-refractivity contribution >= 4 is 30.2 Å². The van der Waals surface area contributed by atoms with E-state index < -0.39 is 41.7 Å². The Kier molecular flexibility index (Phi) is 4.12. The van der Waals surface area contributed by atoms with Crippen LogP contribution < -0.4 is 9.09 Å². The number of nitro benzene ring substituents is 1.